The Bertz CT molecular complexity index is 631. The van der Waals surface area contributed by atoms with E-state index in [0.717, 1.165) is 12.1 Å². The fraction of sp³-hybridized carbons (Fsp3) is 0.500. The molecule has 8 heteroatoms. The summed E-state index contributed by atoms with van der Waals surface area (Å²) >= 11 is 0. The molecule has 1 fully saturated rings. The predicted octanol–water partition coefficient (Wildman–Crippen LogP) is 0.635. The van der Waals surface area contributed by atoms with Crippen LogP contribution in [0, 0.1) is 5.82 Å². The molecule has 0 amide bonds. The van der Waals surface area contributed by atoms with E-state index in [2.05, 4.69) is 4.99 Å². The minimum atomic E-state index is -3.49. The van der Waals surface area contributed by atoms with Crippen LogP contribution in [0.3, 0.4) is 0 Å². The third-order valence-corrected chi connectivity index (χ3v) is 5.08. The maximum atomic E-state index is 12.8. The summed E-state index contributed by atoms with van der Waals surface area (Å²) in [5, 5.41) is 0. The lowest BCUT2D eigenvalue weighted by Crippen LogP contribution is -2.48. The third kappa shape index (κ3) is 4.41. The van der Waals surface area contributed by atoms with Gasteiger partial charge in [0.25, 0.3) is 0 Å². The number of morpholine rings is 1. The van der Waals surface area contributed by atoms with E-state index >= 15 is 0 Å². The van der Waals surface area contributed by atoms with Crippen LogP contribution in [0.1, 0.15) is 6.92 Å². The summed E-state index contributed by atoms with van der Waals surface area (Å²) in [6.45, 7) is 3.87. The molecule has 0 saturated carbocycles. The number of halogens is 1. The molecule has 0 aromatic heterocycles. The number of hydrogen-bond acceptors (Lipinski definition) is 4. The highest BCUT2D eigenvalue weighted by Crippen LogP contribution is 2.12. The van der Waals surface area contributed by atoms with Crippen molar-refractivity contribution in [2.24, 2.45) is 10.7 Å². The number of guanidine groups is 1. The van der Waals surface area contributed by atoms with Crippen molar-refractivity contribution >= 4 is 15.8 Å². The molecule has 1 atom stereocenters. The molecule has 1 aromatic rings. The number of sulfone groups is 1. The van der Waals surface area contributed by atoms with E-state index in [1.165, 1.54) is 12.1 Å². The van der Waals surface area contributed by atoms with E-state index in [0.29, 0.717) is 25.7 Å². The molecule has 0 radical (unpaired) electrons. The van der Waals surface area contributed by atoms with Gasteiger partial charge in [-0.3, -0.25) is 4.99 Å². The molecule has 1 saturated heterocycles. The van der Waals surface area contributed by atoms with Gasteiger partial charge in [-0.15, -0.1) is 0 Å². The van der Waals surface area contributed by atoms with E-state index in [4.69, 9.17) is 10.5 Å². The van der Waals surface area contributed by atoms with Crippen molar-refractivity contribution in [2.45, 2.75) is 17.9 Å². The Balaban J connectivity index is 1.94. The van der Waals surface area contributed by atoms with E-state index in [1.807, 2.05) is 11.8 Å². The summed E-state index contributed by atoms with van der Waals surface area (Å²) in [5.41, 5.74) is 5.87. The van der Waals surface area contributed by atoms with Crippen molar-refractivity contribution < 1.29 is 17.5 Å². The molecule has 0 spiro atoms. The van der Waals surface area contributed by atoms with Gasteiger partial charge < -0.3 is 15.4 Å². The maximum absolute atomic E-state index is 12.8. The van der Waals surface area contributed by atoms with Crippen LogP contribution in [-0.4, -0.2) is 57.4 Å². The van der Waals surface area contributed by atoms with E-state index < -0.39 is 15.7 Å². The summed E-state index contributed by atoms with van der Waals surface area (Å²) in [4.78, 5) is 6.08. The first kappa shape index (κ1) is 16.7. The van der Waals surface area contributed by atoms with Crippen LogP contribution in [0.4, 0.5) is 4.39 Å². The van der Waals surface area contributed by atoms with Crippen molar-refractivity contribution in [2.75, 3.05) is 32.0 Å². The fourth-order valence-electron chi connectivity index (χ4n) is 2.17. The molecule has 1 heterocycles. The minimum Gasteiger partial charge on any atom is -0.375 e. The van der Waals surface area contributed by atoms with Crippen molar-refractivity contribution in [3.05, 3.63) is 30.1 Å². The second kappa shape index (κ2) is 7.06. The maximum Gasteiger partial charge on any atom is 0.191 e. The van der Waals surface area contributed by atoms with Gasteiger partial charge in [-0.25, -0.2) is 12.8 Å². The highest BCUT2D eigenvalue weighted by molar-refractivity contribution is 7.91. The Morgan fingerprint density at radius 1 is 1.45 bits per heavy atom. The zero-order valence-corrected chi connectivity index (χ0v) is 13.2. The molecule has 1 unspecified atom stereocenters. The molecule has 1 aliphatic rings. The van der Waals surface area contributed by atoms with Gasteiger partial charge in [-0.05, 0) is 31.2 Å². The van der Waals surface area contributed by atoms with Gasteiger partial charge in [0.05, 0.1) is 29.9 Å². The molecule has 1 aliphatic heterocycles. The van der Waals surface area contributed by atoms with Gasteiger partial charge in [-0.1, -0.05) is 0 Å². The summed E-state index contributed by atoms with van der Waals surface area (Å²) in [6.07, 6.45) is 0.0745. The molecule has 2 rings (SSSR count). The molecule has 22 heavy (non-hydrogen) atoms. The molecule has 0 bridgehead atoms. The van der Waals surface area contributed by atoms with Crippen LogP contribution in [-0.2, 0) is 14.6 Å². The molecule has 0 aliphatic carbocycles. The van der Waals surface area contributed by atoms with Crippen molar-refractivity contribution in [1.82, 2.24) is 4.90 Å². The molecule has 1 aromatic carbocycles. The number of ether oxygens (including phenoxy) is 1. The van der Waals surface area contributed by atoms with Gasteiger partial charge in [0, 0.05) is 13.1 Å². The van der Waals surface area contributed by atoms with Gasteiger partial charge in [0.15, 0.2) is 15.8 Å². The quantitative estimate of drug-likeness (QED) is 0.498. The first-order valence-corrected chi connectivity index (χ1v) is 8.68. The second-order valence-electron chi connectivity index (χ2n) is 5.14. The van der Waals surface area contributed by atoms with Crippen LogP contribution >= 0.6 is 0 Å². The van der Waals surface area contributed by atoms with Gasteiger partial charge in [0.1, 0.15) is 5.82 Å². The van der Waals surface area contributed by atoms with Crippen LogP contribution in [0.5, 0.6) is 0 Å². The lowest BCUT2D eigenvalue weighted by molar-refractivity contribution is 0.00531. The van der Waals surface area contributed by atoms with Crippen molar-refractivity contribution in [3.8, 4) is 0 Å². The molecular weight excluding hydrogens is 309 g/mol. The highest BCUT2D eigenvalue weighted by atomic mass is 32.2. The van der Waals surface area contributed by atoms with Crippen LogP contribution < -0.4 is 5.73 Å². The third-order valence-electron chi connectivity index (χ3n) is 3.37. The van der Waals surface area contributed by atoms with Gasteiger partial charge in [0.2, 0.25) is 0 Å². The van der Waals surface area contributed by atoms with Crippen LogP contribution in [0.25, 0.3) is 0 Å². The SMILES string of the molecule is CC1CN(C(N)=NCCS(=O)(=O)c2ccc(F)cc2)CCO1. The second-order valence-corrected chi connectivity index (χ2v) is 7.25. The molecule has 6 nitrogen and oxygen atoms in total. The minimum absolute atomic E-state index is 0.0667. The largest absolute Gasteiger partial charge is 0.375 e. The Hall–Kier alpha value is -1.67. The number of nitrogens with zero attached hydrogens (tertiary/aromatic N) is 2. The van der Waals surface area contributed by atoms with Crippen LogP contribution in [0.15, 0.2) is 34.2 Å². The van der Waals surface area contributed by atoms with Gasteiger partial charge >= 0.3 is 0 Å². The number of nitrogens with two attached hydrogens (primary N) is 1. The summed E-state index contributed by atoms with van der Waals surface area (Å²) < 4.78 is 42.4. The normalized spacial score (nSPS) is 20.2. The average Bonchev–Trinajstić information content (AvgIpc) is 2.47. The lowest BCUT2D eigenvalue weighted by atomic mass is 10.3. The van der Waals surface area contributed by atoms with E-state index in [-0.39, 0.29) is 23.3 Å². The summed E-state index contributed by atoms with van der Waals surface area (Å²) in [7, 11) is -3.49. The number of benzene rings is 1. The smallest absolute Gasteiger partial charge is 0.191 e. The standard InChI is InChI=1S/C14H20FN3O3S/c1-11-10-18(7-8-21-11)14(16)17-6-9-22(19,20)13-4-2-12(15)3-5-13/h2-5,11H,6-10H2,1H3,(H2,16,17). The van der Waals surface area contributed by atoms with E-state index in [1.54, 1.807) is 0 Å². The Labute approximate surface area is 129 Å². The first-order chi connectivity index (χ1) is 10.4. The van der Waals surface area contributed by atoms with Crippen LogP contribution in [0.2, 0.25) is 0 Å². The first-order valence-electron chi connectivity index (χ1n) is 7.03. The summed E-state index contributed by atoms with van der Waals surface area (Å²) in [5.74, 6) is -0.314. The number of hydrogen-bond donors (Lipinski definition) is 1. The monoisotopic (exact) mass is 329 g/mol. The highest BCUT2D eigenvalue weighted by Gasteiger charge is 2.18. The van der Waals surface area contributed by atoms with Gasteiger partial charge in [-0.2, -0.15) is 0 Å². The lowest BCUT2D eigenvalue weighted by Gasteiger charge is -2.31. The zero-order valence-electron chi connectivity index (χ0n) is 12.4. The topological polar surface area (TPSA) is 85.0 Å². The predicted molar refractivity (Wildman–Crippen MR) is 81.9 cm³/mol. The zero-order chi connectivity index (χ0) is 16.2. The number of rotatable bonds is 4. The Kier molecular flexibility index (Phi) is 5.36. The average molecular weight is 329 g/mol. The Morgan fingerprint density at radius 2 is 2.14 bits per heavy atom. The fourth-order valence-corrected chi connectivity index (χ4v) is 3.28. The van der Waals surface area contributed by atoms with E-state index in [9.17, 15) is 12.8 Å². The summed E-state index contributed by atoms with van der Waals surface area (Å²) in [6, 6.07) is 4.75. The van der Waals surface area contributed by atoms with Crippen molar-refractivity contribution in [3.63, 3.8) is 0 Å². The molecule has 2 N–H and O–H groups in total. The van der Waals surface area contributed by atoms with Crippen molar-refractivity contribution in [1.29, 1.82) is 0 Å². The Morgan fingerprint density at radius 3 is 2.77 bits per heavy atom. The number of aliphatic imine (C=N–C) groups is 1. The molecule has 122 valence electrons. The molecular formula is C14H20FN3O3S.